The summed E-state index contributed by atoms with van der Waals surface area (Å²) in [6.45, 7) is 1.72. The summed E-state index contributed by atoms with van der Waals surface area (Å²) in [5.74, 6) is 0.196. The molecule has 0 aliphatic carbocycles. The highest BCUT2D eigenvalue weighted by Crippen LogP contribution is 2.20. The number of ether oxygens (including phenoxy) is 1. The molecule has 0 radical (unpaired) electrons. The summed E-state index contributed by atoms with van der Waals surface area (Å²) in [5.41, 5.74) is 0. The molecule has 1 aromatic heterocycles. The first kappa shape index (κ1) is 17.2. The standard InChI is InChI=1S/C9H13ClF3N3O3S/c1-6(2)16-7(3-4-19-5-9(11,12)13)14-15-8(16)20(10,17)18/h6H,3-5H2,1-2H3. The van der Waals surface area contributed by atoms with Crippen molar-refractivity contribution in [1.29, 1.82) is 0 Å². The number of rotatable bonds is 6. The summed E-state index contributed by atoms with van der Waals surface area (Å²) in [4.78, 5) is 0. The SMILES string of the molecule is CC(C)n1c(CCOCC(F)(F)F)nnc1S(=O)(=O)Cl. The van der Waals surface area contributed by atoms with Crippen LogP contribution < -0.4 is 0 Å². The fourth-order valence-corrected chi connectivity index (χ4v) is 2.52. The van der Waals surface area contributed by atoms with Gasteiger partial charge in [-0.2, -0.15) is 13.2 Å². The van der Waals surface area contributed by atoms with Crippen LogP contribution in [-0.2, 0) is 20.2 Å². The molecule has 0 saturated heterocycles. The van der Waals surface area contributed by atoms with E-state index in [9.17, 15) is 21.6 Å². The molecule has 0 N–H and O–H groups in total. The van der Waals surface area contributed by atoms with Gasteiger partial charge in [-0.3, -0.25) is 4.57 Å². The molecule has 116 valence electrons. The third kappa shape index (κ3) is 4.91. The van der Waals surface area contributed by atoms with Crippen molar-refractivity contribution in [2.24, 2.45) is 0 Å². The molecule has 0 bridgehead atoms. The Labute approximate surface area is 118 Å². The molecule has 0 saturated carbocycles. The van der Waals surface area contributed by atoms with Crippen molar-refractivity contribution in [3.8, 4) is 0 Å². The van der Waals surface area contributed by atoms with Crippen molar-refractivity contribution in [1.82, 2.24) is 14.8 Å². The molecule has 20 heavy (non-hydrogen) atoms. The van der Waals surface area contributed by atoms with Gasteiger partial charge in [-0.25, -0.2) is 8.42 Å². The van der Waals surface area contributed by atoms with Gasteiger partial charge in [0.25, 0.3) is 14.2 Å². The molecule has 0 aromatic carbocycles. The zero-order valence-corrected chi connectivity index (χ0v) is 12.3. The van der Waals surface area contributed by atoms with Crippen LogP contribution in [0, 0.1) is 0 Å². The van der Waals surface area contributed by atoms with Gasteiger partial charge in [0.2, 0.25) is 0 Å². The maximum Gasteiger partial charge on any atom is 0.411 e. The normalized spacial score (nSPS) is 13.2. The van der Waals surface area contributed by atoms with Crippen molar-refractivity contribution < 1.29 is 26.3 Å². The van der Waals surface area contributed by atoms with Crippen LogP contribution in [0.2, 0.25) is 0 Å². The largest absolute Gasteiger partial charge is 0.411 e. The van der Waals surface area contributed by atoms with E-state index in [0.717, 1.165) is 0 Å². The number of hydrogen-bond donors (Lipinski definition) is 0. The van der Waals surface area contributed by atoms with Crippen LogP contribution >= 0.6 is 10.7 Å². The average molecular weight is 336 g/mol. The monoisotopic (exact) mass is 335 g/mol. The Morgan fingerprint density at radius 1 is 1.35 bits per heavy atom. The van der Waals surface area contributed by atoms with Gasteiger partial charge in [-0.05, 0) is 13.8 Å². The maximum absolute atomic E-state index is 11.9. The molecule has 0 fully saturated rings. The lowest BCUT2D eigenvalue weighted by Crippen LogP contribution is -2.19. The Kier molecular flexibility index (Phi) is 5.39. The van der Waals surface area contributed by atoms with E-state index in [1.54, 1.807) is 13.8 Å². The van der Waals surface area contributed by atoms with Crippen molar-refractivity contribution in [2.45, 2.75) is 37.6 Å². The summed E-state index contributed by atoms with van der Waals surface area (Å²) < 4.78 is 64.0. The second-order valence-corrected chi connectivity index (χ2v) is 6.68. The molecule has 0 amide bonds. The number of halogens is 4. The predicted molar refractivity (Wildman–Crippen MR) is 64.0 cm³/mol. The molecule has 0 aliphatic rings. The van der Waals surface area contributed by atoms with Gasteiger partial charge in [-0.15, -0.1) is 10.2 Å². The minimum Gasteiger partial charge on any atom is -0.372 e. The van der Waals surface area contributed by atoms with E-state index in [0.29, 0.717) is 0 Å². The van der Waals surface area contributed by atoms with E-state index in [1.807, 2.05) is 0 Å². The minimum atomic E-state index is -4.41. The lowest BCUT2D eigenvalue weighted by molar-refractivity contribution is -0.173. The van der Waals surface area contributed by atoms with Gasteiger partial charge in [0.15, 0.2) is 0 Å². The quantitative estimate of drug-likeness (QED) is 0.586. The first-order valence-corrected chi connectivity index (χ1v) is 7.86. The molecule has 6 nitrogen and oxygen atoms in total. The summed E-state index contributed by atoms with van der Waals surface area (Å²) in [6, 6.07) is -0.314. The van der Waals surface area contributed by atoms with Crippen LogP contribution in [0.1, 0.15) is 25.7 Å². The second-order valence-electron chi connectivity index (χ2n) is 4.22. The Bertz CT molecular complexity index is 557. The van der Waals surface area contributed by atoms with Crippen LogP contribution in [0.4, 0.5) is 13.2 Å². The summed E-state index contributed by atoms with van der Waals surface area (Å²) >= 11 is 0. The van der Waals surface area contributed by atoms with Crippen molar-refractivity contribution >= 4 is 19.7 Å². The van der Waals surface area contributed by atoms with E-state index in [4.69, 9.17) is 10.7 Å². The third-order valence-corrected chi connectivity index (χ3v) is 3.33. The fourth-order valence-electron chi connectivity index (χ4n) is 1.51. The molecular weight excluding hydrogens is 323 g/mol. The van der Waals surface area contributed by atoms with Gasteiger partial charge >= 0.3 is 6.18 Å². The number of nitrogens with zero attached hydrogens (tertiary/aromatic N) is 3. The lowest BCUT2D eigenvalue weighted by Gasteiger charge is -2.12. The van der Waals surface area contributed by atoms with Crippen LogP contribution in [0.15, 0.2) is 5.16 Å². The molecule has 0 atom stereocenters. The van der Waals surface area contributed by atoms with Crippen molar-refractivity contribution in [3.63, 3.8) is 0 Å². The van der Waals surface area contributed by atoms with Crippen LogP contribution in [0.5, 0.6) is 0 Å². The molecule has 1 heterocycles. The van der Waals surface area contributed by atoms with Gasteiger partial charge in [0.1, 0.15) is 12.4 Å². The fraction of sp³-hybridized carbons (Fsp3) is 0.778. The van der Waals surface area contributed by atoms with E-state index >= 15 is 0 Å². The van der Waals surface area contributed by atoms with E-state index in [-0.39, 0.29) is 24.9 Å². The first-order chi connectivity index (χ1) is 9.02. The summed E-state index contributed by atoms with van der Waals surface area (Å²) in [6.07, 6.45) is -4.41. The van der Waals surface area contributed by atoms with Crippen LogP contribution in [0.3, 0.4) is 0 Å². The van der Waals surface area contributed by atoms with E-state index in [1.165, 1.54) is 4.57 Å². The highest BCUT2D eigenvalue weighted by Gasteiger charge is 2.28. The highest BCUT2D eigenvalue weighted by molar-refractivity contribution is 8.13. The van der Waals surface area contributed by atoms with Crippen LogP contribution in [0.25, 0.3) is 0 Å². The molecule has 1 aromatic rings. The zero-order chi connectivity index (χ0) is 15.6. The van der Waals surface area contributed by atoms with E-state index < -0.39 is 27.0 Å². The third-order valence-electron chi connectivity index (χ3n) is 2.21. The predicted octanol–water partition coefficient (Wildman–Crippen LogP) is 1.91. The smallest absolute Gasteiger partial charge is 0.372 e. The summed E-state index contributed by atoms with van der Waals surface area (Å²) in [7, 11) is 1.14. The minimum absolute atomic E-state index is 0.00628. The molecular formula is C9H13ClF3N3O3S. The molecule has 0 unspecified atom stereocenters. The first-order valence-electron chi connectivity index (χ1n) is 5.55. The van der Waals surface area contributed by atoms with Crippen LogP contribution in [-0.4, -0.2) is 42.6 Å². The van der Waals surface area contributed by atoms with Crippen molar-refractivity contribution in [3.05, 3.63) is 5.82 Å². The Morgan fingerprint density at radius 3 is 2.40 bits per heavy atom. The maximum atomic E-state index is 11.9. The Hall–Kier alpha value is -0.870. The second kappa shape index (κ2) is 6.27. The summed E-state index contributed by atoms with van der Waals surface area (Å²) in [5, 5.41) is 6.65. The lowest BCUT2D eigenvalue weighted by atomic mass is 10.3. The number of hydrogen-bond acceptors (Lipinski definition) is 5. The van der Waals surface area contributed by atoms with Gasteiger partial charge in [0, 0.05) is 23.1 Å². The van der Waals surface area contributed by atoms with E-state index in [2.05, 4.69) is 14.9 Å². The zero-order valence-electron chi connectivity index (χ0n) is 10.7. The molecule has 1 rings (SSSR count). The van der Waals surface area contributed by atoms with Gasteiger partial charge in [0.05, 0.1) is 6.61 Å². The number of alkyl halides is 3. The molecule has 0 spiro atoms. The van der Waals surface area contributed by atoms with Gasteiger partial charge in [-0.1, -0.05) is 0 Å². The van der Waals surface area contributed by atoms with Crippen molar-refractivity contribution in [2.75, 3.05) is 13.2 Å². The Morgan fingerprint density at radius 2 is 1.95 bits per heavy atom. The van der Waals surface area contributed by atoms with Gasteiger partial charge < -0.3 is 4.74 Å². The molecule has 0 aliphatic heterocycles. The Balaban J connectivity index is 2.79. The highest BCUT2D eigenvalue weighted by atomic mass is 35.7. The molecule has 11 heteroatoms. The average Bonchev–Trinajstić information content (AvgIpc) is 2.66. The number of aromatic nitrogens is 3. The topological polar surface area (TPSA) is 74.1 Å².